The average Bonchev–Trinajstić information content (AvgIpc) is 2.99. The lowest BCUT2D eigenvalue weighted by Crippen LogP contribution is -2.37. The summed E-state index contributed by atoms with van der Waals surface area (Å²) in [4.78, 5) is 13.7. The molecule has 1 heterocycles. The highest BCUT2D eigenvalue weighted by atomic mass is 32.2. The fourth-order valence-corrected chi connectivity index (χ4v) is 4.14. The first-order valence-corrected chi connectivity index (χ1v) is 8.98. The Hall–Kier alpha value is -1.62. The van der Waals surface area contributed by atoms with Crippen LogP contribution in [0.3, 0.4) is 0 Å². The zero-order valence-corrected chi connectivity index (χ0v) is 14.5. The minimum Gasteiger partial charge on any atom is -0.372 e. The number of nitrogens with zero attached hydrogens (tertiary/aromatic N) is 2. The van der Waals surface area contributed by atoms with Crippen molar-refractivity contribution >= 4 is 17.7 Å². The van der Waals surface area contributed by atoms with Crippen molar-refractivity contribution in [3.05, 3.63) is 22.4 Å². The monoisotopic (exact) mass is 359 g/mol. The number of rotatable bonds is 5. The summed E-state index contributed by atoms with van der Waals surface area (Å²) in [5.74, 6) is -0.0954. The van der Waals surface area contributed by atoms with Gasteiger partial charge in [0.1, 0.15) is 5.37 Å². The van der Waals surface area contributed by atoms with Gasteiger partial charge in [0.25, 0.3) is 0 Å². The van der Waals surface area contributed by atoms with Crippen LogP contribution in [0.1, 0.15) is 33.1 Å². The van der Waals surface area contributed by atoms with Crippen LogP contribution in [0.15, 0.2) is 22.4 Å². The molecule has 1 amide bonds. The van der Waals surface area contributed by atoms with E-state index in [9.17, 15) is 23.2 Å². The van der Waals surface area contributed by atoms with Crippen molar-refractivity contribution in [3.63, 3.8) is 0 Å². The first-order valence-electron chi connectivity index (χ1n) is 7.93. The van der Waals surface area contributed by atoms with Gasteiger partial charge in [0.05, 0.1) is 23.0 Å². The summed E-state index contributed by atoms with van der Waals surface area (Å²) in [7, 11) is 0. The quantitative estimate of drug-likeness (QED) is 0.818. The van der Waals surface area contributed by atoms with Crippen LogP contribution < -0.4 is 5.32 Å². The normalized spacial score (nSPS) is 20.6. The molecule has 0 saturated heterocycles. The molecule has 132 valence electrons. The van der Waals surface area contributed by atoms with Crippen LogP contribution in [0.4, 0.5) is 13.2 Å². The molecule has 0 spiro atoms. The van der Waals surface area contributed by atoms with E-state index < -0.39 is 17.1 Å². The Morgan fingerprint density at radius 2 is 2.04 bits per heavy atom. The van der Waals surface area contributed by atoms with Gasteiger partial charge in [0.15, 0.2) is 0 Å². The van der Waals surface area contributed by atoms with E-state index in [0.717, 1.165) is 11.8 Å². The Morgan fingerprint density at radius 1 is 1.38 bits per heavy atom. The molecule has 1 atom stereocenters. The van der Waals surface area contributed by atoms with Gasteiger partial charge in [-0.25, -0.2) is 0 Å². The number of nitriles is 1. The van der Waals surface area contributed by atoms with Crippen LogP contribution in [0.25, 0.3) is 0 Å². The predicted molar refractivity (Wildman–Crippen MR) is 86.9 cm³/mol. The first kappa shape index (κ1) is 18.7. The van der Waals surface area contributed by atoms with Crippen molar-refractivity contribution in [1.29, 1.82) is 5.26 Å². The smallest absolute Gasteiger partial charge is 0.372 e. The SMILES string of the molecule is CCN(CC)C(=O)CSC1NC2=C(CCC2)C(C(F)(F)F)=C1C#N. The molecule has 1 aliphatic carbocycles. The molecule has 1 N–H and O–H groups in total. The molecular formula is C16H20F3N3OS. The number of dihydropyridines is 1. The Kier molecular flexibility index (Phi) is 5.86. The van der Waals surface area contributed by atoms with E-state index in [4.69, 9.17) is 0 Å². The summed E-state index contributed by atoms with van der Waals surface area (Å²) < 4.78 is 40.4. The number of nitrogens with one attached hydrogen (secondary N) is 1. The number of allylic oxidation sites excluding steroid dienone is 3. The number of hydrogen-bond acceptors (Lipinski definition) is 4. The minimum atomic E-state index is -4.56. The second-order valence-electron chi connectivity index (χ2n) is 5.61. The second-order valence-corrected chi connectivity index (χ2v) is 6.70. The summed E-state index contributed by atoms with van der Waals surface area (Å²) in [5.41, 5.74) is -0.343. The van der Waals surface area contributed by atoms with E-state index >= 15 is 0 Å². The standard InChI is InChI=1S/C16H20F3N3OS/c1-3-22(4-2)13(23)9-24-15-11(8-20)14(16(17,18)19)10-6-5-7-12(10)21-15/h15,21H,3-7,9H2,1-2H3. The number of amides is 1. The summed E-state index contributed by atoms with van der Waals surface area (Å²) >= 11 is 1.05. The van der Waals surface area contributed by atoms with E-state index in [2.05, 4.69) is 5.32 Å². The van der Waals surface area contributed by atoms with Gasteiger partial charge in [-0.2, -0.15) is 18.4 Å². The maximum atomic E-state index is 13.5. The highest BCUT2D eigenvalue weighted by Crippen LogP contribution is 2.45. The summed E-state index contributed by atoms with van der Waals surface area (Å²) in [6.07, 6.45) is -3.03. The lowest BCUT2D eigenvalue weighted by atomic mass is 9.95. The van der Waals surface area contributed by atoms with E-state index in [1.54, 1.807) is 11.0 Å². The molecule has 0 saturated carbocycles. The predicted octanol–water partition coefficient (Wildman–Crippen LogP) is 3.34. The fraction of sp³-hybridized carbons (Fsp3) is 0.625. The van der Waals surface area contributed by atoms with Gasteiger partial charge < -0.3 is 10.2 Å². The highest BCUT2D eigenvalue weighted by molar-refractivity contribution is 8.00. The fourth-order valence-electron chi connectivity index (χ4n) is 3.09. The molecule has 2 aliphatic rings. The Bertz CT molecular complexity index is 615. The van der Waals surface area contributed by atoms with Crippen LogP contribution >= 0.6 is 11.8 Å². The molecule has 0 radical (unpaired) electrons. The van der Waals surface area contributed by atoms with E-state index in [1.165, 1.54) is 0 Å². The maximum Gasteiger partial charge on any atom is 0.417 e. The molecule has 1 aliphatic heterocycles. The third-order valence-corrected chi connectivity index (χ3v) is 5.35. The third kappa shape index (κ3) is 3.72. The molecule has 0 bridgehead atoms. The number of hydrogen-bond donors (Lipinski definition) is 1. The summed E-state index contributed by atoms with van der Waals surface area (Å²) in [6, 6.07) is 1.72. The van der Waals surface area contributed by atoms with Gasteiger partial charge >= 0.3 is 6.18 Å². The number of thioether (sulfide) groups is 1. The highest BCUT2D eigenvalue weighted by Gasteiger charge is 2.45. The van der Waals surface area contributed by atoms with Crippen molar-refractivity contribution in [2.45, 2.75) is 44.7 Å². The average molecular weight is 359 g/mol. The number of alkyl halides is 3. The van der Waals surface area contributed by atoms with Gasteiger partial charge in [0.2, 0.25) is 5.91 Å². The van der Waals surface area contributed by atoms with Gasteiger partial charge in [-0.15, -0.1) is 11.8 Å². The number of halogens is 3. The first-order chi connectivity index (χ1) is 11.3. The van der Waals surface area contributed by atoms with Crippen molar-refractivity contribution in [1.82, 2.24) is 10.2 Å². The van der Waals surface area contributed by atoms with Crippen LogP contribution in [-0.2, 0) is 4.79 Å². The molecule has 2 rings (SSSR count). The second kappa shape index (κ2) is 7.51. The molecule has 0 fully saturated rings. The molecule has 0 aromatic rings. The Labute approximate surface area is 143 Å². The lowest BCUT2D eigenvalue weighted by Gasteiger charge is -2.30. The van der Waals surface area contributed by atoms with Crippen molar-refractivity contribution in [2.75, 3.05) is 18.8 Å². The van der Waals surface area contributed by atoms with Crippen molar-refractivity contribution < 1.29 is 18.0 Å². The van der Waals surface area contributed by atoms with Crippen molar-refractivity contribution in [2.24, 2.45) is 0 Å². The topological polar surface area (TPSA) is 56.1 Å². The molecule has 0 aromatic heterocycles. The zero-order valence-electron chi connectivity index (χ0n) is 13.7. The van der Waals surface area contributed by atoms with Gasteiger partial charge in [-0.3, -0.25) is 4.79 Å². The van der Waals surface area contributed by atoms with Crippen LogP contribution in [0.5, 0.6) is 0 Å². The van der Waals surface area contributed by atoms with E-state index in [0.29, 0.717) is 38.0 Å². The van der Waals surface area contributed by atoms with Crippen LogP contribution in [0, 0.1) is 11.3 Å². The molecule has 24 heavy (non-hydrogen) atoms. The van der Waals surface area contributed by atoms with Gasteiger partial charge in [-0.05, 0) is 38.7 Å². The van der Waals surface area contributed by atoms with Crippen molar-refractivity contribution in [3.8, 4) is 6.07 Å². The minimum absolute atomic E-state index is 0.0400. The molecular weight excluding hydrogens is 339 g/mol. The maximum absolute atomic E-state index is 13.5. The summed E-state index contributed by atoms with van der Waals surface area (Å²) in [5, 5.41) is 11.5. The van der Waals surface area contributed by atoms with Crippen LogP contribution in [-0.4, -0.2) is 41.2 Å². The summed E-state index contributed by atoms with van der Waals surface area (Å²) in [6.45, 7) is 4.81. The Balaban J connectivity index is 2.24. The zero-order chi connectivity index (χ0) is 17.9. The molecule has 1 unspecified atom stereocenters. The van der Waals surface area contributed by atoms with Gasteiger partial charge in [0, 0.05) is 18.8 Å². The molecule has 8 heteroatoms. The van der Waals surface area contributed by atoms with Gasteiger partial charge in [-0.1, -0.05) is 0 Å². The lowest BCUT2D eigenvalue weighted by molar-refractivity contribution is -0.127. The number of carbonyl (C=O) groups is 1. The Morgan fingerprint density at radius 3 is 2.58 bits per heavy atom. The largest absolute Gasteiger partial charge is 0.417 e. The molecule has 0 aromatic carbocycles. The van der Waals surface area contributed by atoms with E-state index in [-0.39, 0.29) is 22.8 Å². The molecule has 4 nitrogen and oxygen atoms in total. The van der Waals surface area contributed by atoms with Crippen LogP contribution in [0.2, 0.25) is 0 Å². The number of carbonyl (C=O) groups excluding carboxylic acids is 1. The van der Waals surface area contributed by atoms with E-state index in [1.807, 2.05) is 13.8 Å². The third-order valence-electron chi connectivity index (χ3n) is 4.25.